The van der Waals surface area contributed by atoms with E-state index < -0.39 is 11.8 Å². The van der Waals surface area contributed by atoms with Crippen molar-refractivity contribution in [1.29, 1.82) is 0 Å². The molecule has 4 rings (SSSR count). The minimum atomic E-state index is -0.466. The lowest BCUT2D eigenvalue weighted by atomic mass is 9.78. The molecule has 1 fully saturated rings. The molecular weight excluding hydrogens is 442 g/mol. The van der Waals surface area contributed by atoms with Crippen molar-refractivity contribution >= 4 is 46.6 Å². The van der Waals surface area contributed by atoms with Crippen molar-refractivity contribution in [3.8, 4) is 0 Å². The summed E-state index contributed by atoms with van der Waals surface area (Å²) in [4.78, 5) is 30.1. The maximum absolute atomic E-state index is 13.5. The number of amides is 2. The molecular formula is C28H33N3O2S. The van der Waals surface area contributed by atoms with Crippen molar-refractivity contribution in [1.82, 2.24) is 5.32 Å². The highest BCUT2D eigenvalue weighted by atomic mass is 32.1. The highest BCUT2D eigenvalue weighted by Crippen LogP contribution is 2.44. The second kappa shape index (κ2) is 8.66. The van der Waals surface area contributed by atoms with Crippen LogP contribution in [0, 0.1) is 13.8 Å². The Kier molecular flexibility index (Phi) is 6.15. The molecule has 2 heterocycles. The molecule has 0 spiro atoms. The fourth-order valence-electron chi connectivity index (χ4n) is 5.68. The van der Waals surface area contributed by atoms with E-state index in [-0.39, 0.29) is 16.2 Å². The van der Waals surface area contributed by atoms with Crippen LogP contribution in [0.4, 0.5) is 11.4 Å². The minimum absolute atomic E-state index is 0.0575. The summed E-state index contributed by atoms with van der Waals surface area (Å²) >= 11 is 5.36. The van der Waals surface area contributed by atoms with Gasteiger partial charge in [-0.15, -0.1) is 0 Å². The first kappa shape index (κ1) is 24.1. The summed E-state index contributed by atoms with van der Waals surface area (Å²) in [5.41, 5.74) is 6.14. The summed E-state index contributed by atoms with van der Waals surface area (Å²) < 4.78 is 0. The number of aryl methyl sites for hydroxylation is 2. The monoisotopic (exact) mass is 475 g/mol. The third kappa shape index (κ3) is 4.27. The third-order valence-electron chi connectivity index (χ3n) is 6.69. The number of hydrogen-bond donors (Lipinski definition) is 1. The molecule has 1 saturated heterocycles. The van der Waals surface area contributed by atoms with E-state index >= 15 is 0 Å². The molecule has 1 N–H and O–H groups in total. The number of anilines is 2. The van der Waals surface area contributed by atoms with E-state index in [1.54, 1.807) is 6.08 Å². The number of thiocarbonyl (C=S) groups is 1. The molecule has 2 aliphatic heterocycles. The number of hydrogen-bond acceptors (Lipinski definition) is 4. The van der Waals surface area contributed by atoms with Crippen LogP contribution in [0.5, 0.6) is 0 Å². The molecule has 178 valence electrons. The van der Waals surface area contributed by atoms with Crippen LogP contribution in [0.15, 0.2) is 42.0 Å². The lowest BCUT2D eigenvalue weighted by Crippen LogP contribution is -2.54. The van der Waals surface area contributed by atoms with Crippen LogP contribution in [0.3, 0.4) is 0 Å². The molecule has 1 atom stereocenters. The van der Waals surface area contributed by atoms with Gasteiger partial charge < -0.3 is 4.90 Å². The Morgan fingerprint density at radius 3 is 2.35 bits per heavy atom. The Bertz CT molecular complexity index is 1210. The zero-order valence-electron chi connectivity index (χ0n) is 21.0. The van der Waals surface area contributed by atoms with Crippen molar-refractivity contribution in [3.63, 3.8) is 0 Å². The molecule has 0 saturated carbocycles. The maximum Gasteiger partial charge on any atom is 0.270 e. The number of nitrogens with one attached hydrogen (secondary N) is 1. The Hall–Kier alpha value is -2.99. The summed E-state index contributed by atoms with van der Waals surface area (Å²) in [5, 5.41) is 2.80. The maximum atomic E-state index is 13.5. The van der Waals surface area contributed by atoms with Crippen LogP contribution in [0.1, 0.15) is 69.2 Å². The normalized spacial score (nSPS) is 21.2. The molecule has 0 aliphatic carbocycles. The van der Waals surface area contributed by atoms with Gasteiger partial charge in [-0.05, 0) is 119 Å². The number of fused-ring (bicyclic) bond motifs is 1. The van der Waals surface area contributed by atoms with Gasteiger partial charge >= 0.3 is 0 Å². The average Bonchev–Trinajstić information content (AvgIpc) is 2.69. The number of nitrogens with zero attached hydrogens (tertiary/aromatic N) is 2. The number of carbonyl (C=O) groups is 2. The summed E-state index contributed by atoms with van der Waals surface area (Å²) in [5.74, 6) is -0.505. The smallest absolute Gasteiger partial charge is 0.270 e. The Labute approximate surface area is 207 Å². The van der Waals surface area contributed by atoms with E-state index in [1.807, 2.05) is 38.1 Å². The lowest BCUT2D eigenvalue weighted by Gasteiger charge is -2.50. The SMILES string of the molecule is Cc1cc(C)cc(N2C(=O)/C(=C/c3ccc4c(c3)[C@H](C)CC(C)(C)N4C(C)C)C(=O)NC2=S)c1. The van der Waals surface area contributed by atoms with E-state index in [4.69, 9.17) is 12.2 Å². The fourth-order valence-corrected chi connectivity index (χ4v) is 5.96. The summed E-state index contributed by atoms with van der Waals surface area (Å²) in [6.45, 7) is 15.2. The molecule has 6 heteroatoms. The predicted molar refractivity (Wildman–Crippen MR) is 143 cm³/mol. The first-order chi connectivity index (χ1) is 15.9. The zero-order chi connectivity index (χ0) is 24.9. The topological polar surface area (TPSA) is 52.7 Å². The van der Waals surface area contributed by atoms with Crippen molar-refractivity contribution in [2.45, 2.75) is 72.4 Å². The van der Waals surface area contributed by atoms with Gasteiger partial charge in [0.25, 0.3) is 11.8 Å². The van der Waals surface area contributed by atoms with Crippen molar-refractivity contribution in [2.75, 3.05) is 9.80 Å². The van der Waals surface area contributed by atoms with Crippen LogP contribution in [0.2, 0.25) is 0 Å². The van der Waals surface area contributed by atoms with Crippen LogP contribution < -0.4 is 15.1 Å². The van der Waals surface area contributed by atoms with Gasteiger partial charge in [-0.1, -0.05) is 19.1 Å². The van der Waals surface area contributed by atoms with E-state index in [2.05, 4.69) is 57.0 Å². The lowest BCUT2D eigenvalue weighted by molar-refractivity contribution is -0.122. The predicted octanol–water partition coefficient (Wildman–Crippen LogP) is 5.64. The molecule has 2 aromatic rings. The fraction of sp³-hybridized carbons (Fsp3) is 0.393. The summed E-state index contributed by atoms with van der Waals surface area (Å²) in [6, 6.07) is 12.4. The summed E-state index contributed by atoms with van der Waals surface area (Å²) in [7, 11) is 0. The molecule has 0 radical (unpaired) electrons. The van der Waals surface area contributed by atoms with Crippen LogP contribution in [0.25, 0.3) is 6.08 Å². The van der Waals surface area contributed by atoms with E-state index in [0.717, 1.165) is 23.1 Å². The molecule has 0 unspecified atom stereocenters. The van der Waals surface area contributed by atoms with Crippen molar-refractivity contribution in [3.05, 3.63) is 64.2 Å². The summed E-state index contributed by atoms with van der Waals surface area (Å²) in [6.07, 6.45) is 2.72. The first-order valence-electron chi connectivity index (χ1n) is 11.8. The largest absolute Gasteiger partial charge is 0.364 e. The van der Waals surface area contributed by atoms with Crippen LogP contribution in [-0.4, -0.2) is 28.5 Å². The minimum Gasteiger partial charge on any atom is -0.364 e. The number of benzene rings is 2. The first-order valence-corrected chi connectivity index (χ1v) is 12.2. The van der Waals surface area contributed by atoms with Crippen LogP contribution >= 0.6 is 12.2 Å². The van der Waals surface area contributed by atoms with Gasteiger partial charge in [0, 0.05) is 17.3 Å². The number of carbonyl (C=O) groups excluding carboxylic acids is 2. The van der Waals surface area contributed by atoms with Gasteiger partial charge in [-0.3, -0.25) is 19.8 Å². The molecule has 2 amide bonds. The zero-order valence-corrected chi connectivity index (χ0v) is 21.8. The molecule has 0 bridgehead atoms. The average molecular weight is 476 g/mol. The van der Waals surface area contributed by atoms with Crippen molar-refractivity contribution < 1.29 is 9.59 Å². The van der Waals surface area contributed by atoms with E-state index in [1.165, 1.54) is 16.2 Å². The van der Waals surface area contributed by atoms with E-state index in [9.17, 15) is 9.59 Å². The Morgan fingerprint density at radius 1 is 1.09 bits per heavy atom. The second-order valence-electron chi connectivity index (χ2n) is 10.5. The van der Waals surface area contributed by atoms with Gasteiger partial charge in [-0.2, -0.15) is 0 Å². The Balaban J connectivity index is 1.75. The third-order valence-corrected chi connectivity index (χ3v) is 6.98. The van der Waals surface area contributed by atoms with Gasteiger partial charge in [0.1, 0.15) is 5.57 Å². The van der Waals surface area contributed by atoms with Crippen molar-refractivity contribution in [2.24, 2.45) is 0 Å². The highest BCUT2D eigenvalue weighted by molar-refractivity contribution is 7.80. The van der Waals surface area contributed by atoms with Gasteiger partial charge in [-0.25, -0.2) is 0 Å². The van der Waals surface area contributed by atoms with Gasteiger partial charge in [0.2, 0.25) is 0 Å². The van der Waals surface area contributed by atoms with Gasteiger partial charge in [0.05, 0.1) is 5.69 Å². The number of rotatable bonds is 3. The molecule has 2 aliphatic rings. The van der Waals surface area contributed by atoms with Gasteiger partial charge in [0.15, 0.2) is 5.11 Å². The van der Waals surface area contributed by atoms with Crippen LogP contribution in [-0.2, 0) is 9.59 Å². The molecule has 2 aromatic carbocycles. The molecule has 0 aromatic heterocycles. The molecule has 5 nitrogen and oxygen atoms in total. The molecule has 34 heavy (non-hydrogen) atoms. The highest BCUT2D eigenvalue weighted by Gasteiger charge is 2.38. The second-order valence-corrected chi connectivity index (χ2v) is 10.9. The van der Waals surface area contributed by atoms with E-state index in [0.29, 0.717) is 17.6 Å². The standard InChI is InChI=1S/C28H33N3O2S/c1-16(2)31-24-9-8-20(13-22(24)19(5)15-28(31,6)7)14-23-25(32)29-27(34)30(26(23)33)21-11-17(3)10-18(4)12-21/h8-14,16,19H,15H2,1-7H3,(H,29,32,34)/b23-14+/t19-/m1/s1. The quantitative estimate of drug-likeness (QED) is 0.355. The Morgan fingerprint density at radius 2 is 1.74 bits per heavy atom.